The van der Waals surface area contributed by atoms with Gasteiger partial charge in [0.1, 0.15) is 17.3 Å². The van der Waals surface area contributed by atoms with Crippen molar-refractivity contribution in [3.63, 3.8) is 0 Å². The highest BCUT2D eigenvalue weighted by Crippen LogP contribution is 2.44. The number of ketones is 1. The van der Waals surface area contributed by atoms with Crippen LogP contribution in [0.15, 0.2) is 59.5 Å². The number of aliphatic hydroxyl groups is 1. The van der Waals surface area contributed by atoms with Gasteiger partial charge in [-0.15, -0.1) is 11.3 Å². The van der Waals surface area contributed by atoms with Crippen LogP contribution >= 0.6 is 34.5 Å². The van der Waals surface area contributed by atoms with E-state index in [-0.39, 0.29) is 39.2 Å². The van der Waals surface area contributed by atoms with E-state index in [1.165, 1.54) is 47.6 Å². The zero-order chi connectivity index (χ0) is 23.0. The first-order valence-electron chi connectivity index (χ1n) is 9.45. The van der Waals surface area contributed by atoms with Crippen molar-refractivity contribution < 1.29 is 24.5 Å². The van der Waals surface area contributed by atoms with E-state index < -0.39 is 23.5 Å². The molecule has 9 heteroatoms. The Balaban J connectivity index is 1.95. The fourth-order valence-electron chi connectivity index (χ4n) is 3.74. The molecule has 4 rings (SSSR count). The number of thiophene rings is 1. The molecular formula is C23H17Cl2NO5S. The van der Waals surface area contributed by atoms with Crippen molar-refractivity contribution in [3.05, 3.63) is 85.5 Å². The number of amides is 1. The van der Waals surface area contributed by atoms with Crippen LogP contribution in [-0.2, 0) is 16.1 Å². The summed E-state index contributed by atoms with van der Waals surface area (Å²) in [5.41, 5.74) is 0.410. The monoisotopic (exact) mass is 489 g/mol. The van der Waals surface area contributed by atoms with E-state index in [2.05, 4.69) is 0 Å². The first kappa shape index (κ1) is 22.2. The number of phenols is 1. The molecule has 1 fully saturated rings. The lowest BCUT2D eigenvalue weighted by Gasteiger charge is -2.25. The van der Waals surface area contributed by atoms with Crippen LogP contribution in [0.2, 0.25) is 10.0 Å². The standard InChI is InChI=1S/C23H17Cl2NO5S/c1-31-22-16(9-13(24)10-17(22)25)20(28)18-19(12-4-2-5-14(27)8-12)26(23(30)21(18)29)11-15-6-3-7-32-15/h2-10,19,27-28H,11H2,1H3/b20-18+. The van der Waals surface area contributed by atoms with Crippen LogP contribution in [0.4, 0.5) is 0 Å². The van der Waals surface area contributed by atoms with E-state index >= 15 is 0 Å². The molecule has 1 aliphatic heterocycles. The summed E-state index contributed by atoms with van der Waals surface area (Å²) in [5, 5.41) is 23.5. The second-order valence-corrected chi connectivity index (χ2v) is 8.95. The molecule has 2 N–H and O–H groups in total. The molecule has 0 spiro atoms. The van der Waals surface area contributed by atoms with Gasteiger partial charge >= 0.3 is 0 Å². The zero-order valence-electron chi connectivity index (χ0n) is 16.7. The number of hydrogen-bond acceptors (Lipinski definition) is 6. The molecule has 0 radical (unpaired) electrons. The molecule has 32 heavy (non-hydrogen) atoms. The fourth-order valence-corrected chi connectivity index (χ4v) is 5.02. The van der Waals surface area contributed by atoms with E-state index in [0.717, 1.165) is 4.88 Å². The lowest BCUT2D eigenvalue weighted by Crippen LogP contribution is -2.28. The van der Waals surface area contributed by atoms with Crippen molar-refractivity contribution in [2.24, 2.45) is 0 Å². The lowest BCUT2D eigenvalue weighted by molar-refractivity contribution is -0.140. The molecule has 1 atom stereocenters. The second kappa shape index (κ2) is 8.86. The smallest absolute Gasteiger partial charge is 0.295 e. The Morgan fingerprint density at radius 2 is 1.94 bits per heavy atom. The van der Waals surface area contributed by atoms with Gasteiger partial charge in [0.2, 0.25) is 0 Å². The summed E-state index contributed by atoms with van der Waals surface area (Å²) in [7, 11) is 1.37. The largest absolute Gasteiger partial charge is 0.508 e. The number of carbonyl (C=O) groups is 2. The molecule has 1 amide bonds. The van der Waals surface area contributed by atoms with Crippen molar-refractivity contribution in [1.29, 1.82) is 0 Å². The number of nitrogens with zero attached hydrogens (tertiary/aromatic N) is 1. The Bertz CT molecular complexity index is 1240. The van der Waals surface area contributed by atoms with E-state index in [1.54, 1.807) is 12.1 Å². The maximum atomic E-state index is 13.1. The molecule has 2 aromatic carbocycles. The Labute approximate surface area is 197 Å². The minimum atomic E-state index is -0.938. The SMILES string of the molecule is COc1c(Cl)cc(Cl)cc1/C(O)=C1\C(=O)C(=O)N(Cc2cccs2)C1c1cccc(O)c1. The van der Waals surface area contributed by atoms with Gasteiger partial charge in [-0.1, -0.05) is 41.4 Å². The predicted octanol–water partition coefficient (Wildman–Crippen LogP) is 5.39. The van der Waals surface area contributed by atoms with Crippen LogP contribution in [-0.4, -0.2) is 33.9 Å². The average Bonchev–Trinajstić information content (AvgIpc) is 3.35. The number of aliphatic hydroxyl groups excluding tert-OH is 1. The van der Waals surface area contributed by atoms with Gasteiger partial charge in [-0.2, -0.15) is 0 Å². The number of hydrogen-bond donors (Lipinski definition) is 2. The van der Waals surface area contributed by atoms with E-state index in [9.17, 15) is 19.8 Å². The van der Waals surface area contributed by atoms with Gasteiger partial charge in [-0.3, -0.25) is 9.59 Å². The number of methoxy groups -OCH3 is 1. The van der Waals surface area contributed by atoms with E-state index in [4.69, 9.17) is 27.9 Å². The Morgan fingerprint density at radius 1 is 1.16 bits per heavy atom. The Kier molecular flexibility index (Phi) is 6.15. The average molecular weight is 490 g/mol. The van der Waals surface area contributed by atoms with Gasteiger partial charge < -0.3 is 19.8 Å². The molecule has 1 saturated heterocycles. The first-order chi connectivity index (χ1) is 15.3. The topological polar surface area (TPSA) is 87.1 Å². The van der Waals surface area contributed by atoms with Crippen LogP contribution in [0.1, 0.15) is 22.0 Å². The first-order valence-corrected chi connectivity index (χ1v) is 11.1. The minimum absolute atomic E-state index is 0.0346. The van der Waals surface area contributed by atoms with E-state index in [0.29, 0.717) is 5.56 Å². The minimum Gasteiger partial charge on any atom is -0.508 e. The van der Waals surface area contributed by atoms with Crippen LogP contribution in [0.3, 0.4) is 0 Å². The number of benzene rings is 2. The molecule has 164 valence electrons. The predicted molar refractivity (Wildman–Crippen MR) is 123 cm³/mol. The molecule has 1 aromatic heterocycles. The highest BCUT2D eigenvalue weighted by atomic mass is 35.5. The van der Waals surface area contributed by atoms with Gasteiger partial charge in [0, 0.05) is 9.90 Å². The molecule has 0 bridgehead atoms. The van der Waals surface area contributed by atoms with Gasteiger partial charge in [0.25, 0.3) is 11.7 Å². The highest BCUT2D eigenvalue weighted by molar-refractivity contribution is 7.09. The number of Topliss-reactive ketones (excluding diaryl/α,β-unsaturated/α-hetero) is 1. The zero-order valence-corrected chi connectivity index (χ0v) is 19.0. The van der Waals surface area contributed by atoms with Gasteiger partial charge in [0.15, 0.2) is 0 Å². The summed E-state index contributed by atoms with van der Waals surface area (Å²) in [6, 6.07) is 11.8. The lowest BCUT2D eigenvalue weighted by atomic mass is 9.95. The molecule has 1 unspecified atom stereocenters. The van der Waals surface area contributed by atoms with Crippen LogP contribution < -0.4 is 4.74 Å². The number of ether oxygens (including phenoxy) is 1. The second-order valence-electron chi connectivity index (χ2n) is 7.07. The van der Waals surface area contributed by atoms with Crippen LogP contribution in [0.25, 0.3) is 5.76 Å². The third-order valence-corrected chi connectivity index (χ3v) is 6.46. The molecule has 2 heterocycles. The molecule has 3 aromatic rings. The van der Waals surface area contributed by atoms with Crippen molar-refractivity contribution in [2.75, 3.05) is 7.11 Å². The number of halogens is 2. The maximum absolute atomic E-state index is 13.1. The number of phenolic OH excluding ortho intramolecular Hbond substituents is 1. The van der Waals surface area contributed by atoms with Crippen LogP contribution in [0.5, 0.6) is 11.5 Å². The molecule has 0 saturated carbocycles. The van der Waals surface area contributed by atoms with Crippen LogP contribution in [0, 0.1) is 0 Å². The summed E-state index contributed by atoms with van der Waals surface area (Å²) in [4.78, 5) is 28.4. The van der Waals surface area contributed by atoms with Crippen molar-refractivity contribution in [1.82, 2.24) is 4.90 Å². The van der Waals surface area contributed by atoms with Gasteiger partial charge in [-0.25, -0.2) is 0 Å². The summed E-state index contributed by atoms with van der Waals surface area (Å²) < 4.78 is 5.31. The Morgan fingerprint density at radius 3 is 2.59 bits per heavy atom. The van der Waals surface area contributed by atoms with E-state index in [1.807, 2.05) is 17.5 Å². The number of aromatic hydroxyl groups is 1. The normalized spacial score (nSPS) is 17.7. The van der Waals surface area contributed by atoms with Crippen molar-refractivity contribution in [2.45, 2.75) is 12.6 Å². The Hall–Kier alpha value is -3.00. The summed E-state index contributed by atoms with van der Waals surface area (Å²) in [5.74, 6) is -2.00. The molecule has 6 nitrogen and oxygen atoms in total. The maximum Gasteiger partial charge on any atom is 0.295 e. The van der Waals surface area contributed by atoms with Gasteiger partial charge in [0.05, 0.1) is 35.9 Å². The third-order valence-electron chi connectivity index (χ3n) is 5.10. The molecule has 0 aliphatic carbocycles. The van der Waals surface area contributed by atoms with Crippen molar-refractivity contribution in [3.8, 4) is 11.5 Å². The number of carbonyl (C=O) groups excluding carboxylic acids is 2. The third kappa shape index (κ3) is 3.95. The van der Waals surface area contributed by atoms with Crippen molar-refractivity contribution >= 4 is 52.0 Å². The number of likely N-dealkylation sites (tertiary alicyclic amines) is 1. The summed E-state index contributed by atoms with van der Waals surface area (Å²) >= 11 is 13.8. The quantitative estimate of drug-likeness (QED) is 0.285. The number of rotatable bonds is 5. The molecule has 1 aliphatic rings. The molecular weight excluding hydrogens is 473 g/mol. The van der Waals surface area contributed by atoms with Gasteiger partial charge in [-0.05, 0) is 41.3 Å². The fraction of sp³-hybridized carbons (Fsp3) is 0.130. The summed E-state index contributed by atoms with van der Waals surface area (Å²) in [6.07, 6.45) is 0. The highest BCUT2D eigenvalue weighted by Gasteiger charge is 2.46. The summed E-state index contributed by atoms with van der Waals surface area (Å²) in [6.45, 7) is 0.160.